The Labute approximate surface area is 124 Å². The Morgan fingerprint density at radius 2 is 1.67 bits per heavy atom. The molecule has 106 valence electrons. The molecule has 0 heterocycles. The number of hydrogen-bond donors (Lipinski definition) is 2. The zero-order valence-electron chi connectivity index (χ0n) is 12.4. The lowest BCUT2D eigenvalue weighted by atomic mass is 9.94. The minimum Gasteiger partial charge on any atom is -0.508 e. The van der Waals surface area contributed by atoms with Crippen LogP contribution in [0, 0.1) is 13.8 Å². The van der Waals surface area contributed by atoms with Gasteiger partial charge in [0.15, 0.2) is 0 Å². The summed E-state index contributed by atoms with van der Waals surface area (Å²) in [5, 5.41) is 12.5. The van der Waals surface area contributed by atoms with E-state index in [0.29, 0.717) is 12.2 Å². The molecule has 0 atom stereocenters. The lowest BCUT2D eigenvalue weighted by Gasteiger charge is -2.13. The molecule has 0 bridgehead atoms. The number of phenolic OH excluding ortho intramolecular Hbond substituents is 1. The molecule has 3 aromatic rings. The fraction of sp³-hybridized carbons (Fsp3) is 0.158. The van der Waals surface area contributed by atoms with Crippen molar-refractivity contribution >= 4 is 16.5 Å². The van der Waals surface area contributed by atoms with Crippen molar-refractivity contribution in [1.29, 1.82) is 0 Å². The smallest absolute Gasteiger partial charge is 0.119 e. The van der Waals surface area contributed by atoms with Gasteiger partial charge >= 0.3 is 0 Å². The van der Waals surface area contributed by atoms with Crippen molar-refractivity contribution in [2.45, 2.75) is 20.3 Å². The molecule has 0 radical (unpaired) electrons. The van der Waals surface area contributed by atoms with Crippen molar-refractivity contribution in [3.05, 3.63) is 70.8 Å². The fourth-order valence-corrected chi connectivity index (χ4v) is 2.75. The summed E-state index contributed by atoms with van der Waals surface area (Å²) in [5.41, 5.74) is 11.3. The van der Waals surface area contributed by atoms with Crippen LogP contribution in [0.4, 0.5) is 5.69 Å². The number of aromatic hydroxyl groups is 1. The van der Waals surface area contributed by atoms with Crippen molar-refractivity contribution in [3.8, 4) is 5.75 Å². The van der Waals surface area contributed by atoms with Gasteiger partial charge in [-0.1, -0.05) is 36.4 Å². The lowest BCUT2D eigenvalue weighted by Crippen LogP contribution is -1.99. The first-order valence-electron chi connectivity index (χ1n) is 7.11. The van der Waals surface area contributed by atoms with Crippen LogP contribution in [0.2, 0.25) is 0 Å². The van der Waals surface area contributed by atoms with E-state index in [2.05, 4.69) is 26.0 Å². The van der Waals surface area contributed by atoms with Crippen molar-refractivity contribution in [3.63, 3.8) is 0 Å². The van der Waals surface area contributed by atoms with E-state index in [0.717, 1.165) is 27.6 Å². The number of phenols is 1. The van der Waals surface area contributed by atoms with E-state index >= 15 is 0 Å². The van der Waals surface area contributed by atoms with Crippen LogP contribution in [-0.4, -0.2) is 5.11 Å². The predicted octanol–water partition coefficient (Wildman–Crippen LogP) is 4.34. The average molecular weight is 277 g/mol. The molecule has 21 heavy (non-hydrogen) atoms. The highest BCUT2D eigenvalue weighted by molar-refractivity contribution is 5.88. The second-order valence-corrected chi connectivity index (χ2v) is 5.60. The monoisotopic (exact) mass is 277 g/mol. The summed E-state index contributed by atoms with van der Waals surface area (Å²) < 4.78 is 0. The molecule has 0 fully saturated rings. The van der Waals surface area contributed by atoms with E-state index in [1.54, 1.807) is 6.07 Å². The van der Waals surface area contributed by atoms with Gasteiger partial charge in [-0.2, -0.15) is 0 Å². The maximum Gasteiger partial charge on any atom is 0.119 e. The van der Waals surface area contributed by atoms with Gasteiger partial charge in [0.25, 0.3) is 0 Å². The first kappa shape index (κ1) is 13.5. The zero-order chi connectivity index (χ0) is 15.0. The Bertz CT molecular complexity index is 821. The third kappa shape index (κ3) is 2.45. The van der Waals surface area contributed by atoms with E-state index in [1.165, 1.54) is 11.1 Å². The second-order valence-electron chi connectivity index (χ2n) is 5.60. The molecule has 0 aliphatic heterocycles. The van der Waals surface area contributed by atoms with Crippen LogP contribution >= 0.6 is 0 Å². The molecule has 0 aromatic heterocycles. The highest BCUT2D eigenvalue weighted by Crippen LogP contribution is 2.31. The Morgan fingerprint density at radius 1 is 0.952 bits per heavy atom. The predicted molar refractivity (Wildman–Crippen MR) is 88.7 cm³/mol. The van der Waals surface area contributed by atoms with Crippen LogP contribution in [0.25, 0.3) is 10.8 Å². The fourth-order valence-electron chi connectivity index (χ4n) is 2.75. The largest absolute Gasteiger partial charge is 0.508 e. The number of nitrogen functional groups attached to an aromatic ring is 1. The summed E-state index contributed by atoms with van der Waals surface area (Å²) in [6.45, 7) is 4.14. The SMILES string of the molecule is Cc1cc(N)c(Cc2c(O)ccc3ccccc23)cc1C. The van der Waals surface area contributed by atoms with Gasteiger partial charge < -0.3 is 10.8 Å². The highest BCUT2D eigenvalue weighted by atomic mass is 16.3. The third-order valence-corrected chi connectivity index (χ3v) is 4.14. The molecule has 2 heteroatoms. The Hall–Kier alpha value is -2.48. The molecular formula is C19H19NO. The Morgan fingerprint density at radius 3 is 2.48 bits per heavy atom. The normalized spacial score (nSPS) is 11.0. The summed E-state index contributed by atoms with van der Waals surface area (Å²) in [5.74, 6) is 0.325. The number of nitrogens with two attached hydrogens (primary N) is 1. The Balaban J connectivity index is 2.14. The summed E-state index contributed by atoms with van der Waals surface area (Å²) in [4.78, 5) is 0. The number of rotatable bonds is 2. The molecule has 0 spiro atoms. The van der Waals surface area contributed by atoms with Crippen molar-refractivity contribution < 1.29 is 5.11 Å². The number of benzene rings is 3. The molecule has 0 saturated heterocycles. The number of aryl methyl sites for hydroxylation is 2. The molecule has 3 N–H and O–H groups in total. The van der Waals surface area contributed by atoms with Gasteiger partial charge in [0.2, 0.25) is 0 Å². The summed E-state index contributed by atoms with van der Waals surface area (Å²) in [7, 11) is 0. The highest BCUT2D eigenvalue weighted by Gasteiger charge is 2.10. The van der Waals surface area contributed by atoms with E-state index in [9.17, 15) is 5.11 Å². The molecule has 3 aromatic carbocycles. The van der Waals surface area contributed by atoms with Crippen LogP contribution in [0.15, 0.2) is 48.5 Å². The average Bonchev–Trinajstić information content (AvgIpc) is 2.47. The van der Waals surface area contributed by atoms with Crippen LogP contribution in [0.3, 0.4) is 0 Å². The third-order valence-electron chi connectivity index (χ3n) is 4.14. The van der Waals surface area contributed by atoms with Gasteiger partial charge in [-0.15, -0.1) is 0 Å². The van der Waals surface area contributed by atoms with Crippen molar-refractivity contribution in [2.24, 2.45) is 0 Å². The first-order valence-corrected chi connectivity index (χ1v) is 7.11. The topological polar surface area (TPSA) is 46.2 Å². The van der Waals surface area contributed by atoms with Gasteiger partial charge in [0.1, 0.15) is 5.75 Å². The van der Waals surface area contributed by atoms with Gasteiger partial charge in [-0.25, -0.2) is 0 Å². The van der Waals surface area contributed by atoms with E-state index in [-0.39, 0.29) is 0 Å². The molecule has 0 aliphatic rings. The van der Waals surface area contributed by atoms with Gasteiger partial charge in [-0.05, 0) is 53.4 Å². The van der Waals surface area contributed by atoms with Crippen LogP contribution in [0.1, 0.15) is 22.3 Å². The molecule has 0 saturated carbocycles. The van der Waals surface area contributed by atoms with E-state index < -0.39 is 0 Å². The van der Waals surface area contributed by atoms with E-state index in [1.807, 2.05) is 30.3 Å². The summed E-state index contributed by atoms with van der Waals surface area (Å²) in [6.07, 6.45) is 0.639. The minimum absolute atomic E-state index is 0.325. The molecule has 0 unspecified atom stereocenters. The van der Waals surface area contributed by atoms with E-state index in [4.69, 9.17) is 5.73 Å². The zero-order valence-corrected chi connectivity index (χ0v) is 12.4. The molecular weight excluding hydrogens is 258 g/mol. The van der Waals surface area contributed by atoms with Crippen molar-refractivity contribution in [2.75, 3.05) is 5.73 Å². The number of fused-ring (bicyclic) bond motifs is 1. The standard InChI is InChI=1S/C19H19NO/c1-12-9-15(18(20)10-13(12)2)11-17-16-6-4-3-5-14(16)7-8-19(17)21/h3-10,21H,11,20H2,1-2H3. The van der Waals surface area contributed by atoms with Crippen molar-refractivity contribution in [1.82, 2.24) is 0 Å². The Kier molecular flexibility index (Phi) is 3.30. The molecule has 3 rings (SSSR count). The lowest BCUT2D eigenvalue weighted by molar-refractivity contribution is 0.470. The second kappa shape index (κ2) is 5.13. The summed E-state index contributed by atoms with van der Waals surface area (Å²) >= 11 is 0. The molecule has 2 nitrogen and oxygen atoms in total. The number of hydrogen-bond acceptors (Lipinski definition) is 2. The number of anilines is 1. The van der Waals surface area contributed by atoms with Gasteiger partial charge in [0.05, 0.1) is 0 Å². The first-order chi connectivity index (χ1) is 10.1. The summed E-state index contributed by atoms with van der Waals surface area (Å²) in [6, 6.07) is 15.9. The van der Waals surface area contributed by atoms with Crippen LogP contribution in [-0.2, 0) is 6.42 Å². The van der Waals surface area contributed by atoms with Crippen LogP contribution in [0.5, 0.6) is 5.75 Å². The van der Waals surface area contributed by atoms with Gasteiger partial charge in [0, 0.05) is 17.7 Å². The molecule has 0 amide bonds. The van der Waals surface area contributed by atoms with Gasteiger partial charge in [-0.3, -0.25) is 0 Å². The van der Waals surface area contributed by atoms with Crippen LogP contribution < -0.4 is 5.73 Å². The quantitative estimate of drug-likeness (QED) is 0.685. The maximum atomic E-state index is 10.2. The molecule has 0 aliphatic carbocycles. The maximum absolute atomic E-state index is 10.2. The minimum atomic E-state index is 0.325.